The Balaban J connectivity index is 1.82. The van der Waals surface area contributed by atoms with E-state index >= 15 is 0 Å². The molecule has 0 spiro atoms. The summed E-state index contributed by atoms with van der Waals surface area (Å²) in [7, 11) is 0. The maximum absolute atomic E-state index is 14.2. The fourth-order valence-electron chi connectivity index (χ4n) is 3.60. The zero-order chi connectivity index (χ0) is 14.4. The average Bonchev–Trinajstić information content (AvgIpc) is 2.97. The van der Waals surface area contributed by atoms with Crippen molar-refractivity contribution >= 4 is 5.69 Å². The lowest BCUT2D eigenvalue weighted by Gasteiger charge is -2.37. The Kier molecular flexibility index (Phi) is 2.81. The van der Waals surface area contributed by atoms with Crippen LogP contribution < -0.4 is 5.32 Å². The SMILES string of the molecule is Fc1ccc2c(c1)[C@@H]1C=CC[C@H]1[C@@H](c1ccccc1F)N2. The van der Waals surface area contributed by atoms with Gasteiger partial charge in [-0.1, -0.05) is 30.4 Å². The van der Waals surface area contributed by atoms with E-state index in [0.29, 0.717) is 5.56 Å². The zero-order valence-electron chi connectivity index (χ0n) is 11.4. The predicted molar refractivity (Wildman–Crippen MR) is 79.2 cm³/mol. The van der Waals surface area contributed by atoms with E-state index in [1.165, 1.54) is 12.1 Å². The second-order valence-electron chi connectivity index (χ2n) is 5.73. The van der Waals surface area contributed by atoms with Crippen molar-refractivity contribution in [3.8, 4) is 0 Å². The second-order valence-corrected chi connectivity index (χ2v) is 5.73. The minimum absolute atomic E-state index is 0.0795. The Labute approximate surface area is 122 Å². The van der Waals surface area contributed by atoms with Crippen molar-refractivity contribution in [1.29, 1.82) is 0 Å². The Morgan fingerprint density at radius 1 is 1.00 bits per heavy atom. The Bertz CT molecular complexity index is 723. The van der Waals surface area contributed by atoms with Crippen LogP contribution in [-0.4, -0.2) is 0 Å². The number of hydrogen-bond acceptors (Lipinski definition) is 1. The van der Waals surface area contributed by atoms with E-state index in [9.17, 15) is 8.78 Å². The zero-order valence-corrected chi connectivity index (χ0v) is 11.4. The van der Waals surface area contributed by atoms with Crippen LogP contribution in [-0.2, 0) is 0 Å². The summed E-state index contributed by atoms with van der Waals surface area (Å²) < 4.78 is 27.7. The molecule has 106 valence electrons. The van der Waals surface area contributed by atoms with Gasteiger partial charge in [0.2, 0.25) is 0 Å². The van der Waals surface area contributed by atoms with E-state index < -0.39 is 0 Å². The molecule has 0 bridgehead atoms. The molecule has 4 rings (SSSR count). The van der Waals surface area contributed by atoms with E-state index in [1.807, 2.05) is 12.1 Å². The van der Waals surface area contributed by atoms with Crippen LogP contribution in [0, 0.1) is 17.6 Å². The van der Waals surface area contributed by atoms with Crippen molar-refractivity contribution in [3.63, 3.8) is 0 Å². The first-order valence-corrected chi connectivity index (χ1v) is 7.21. The maximum Gasteiger partial charge on any atom is 0.128 e. The normalized spacial score (nSPS) is 26.1. The molecule has 1 N–H and O–H groups in total. The lowest BCUT2D eigenvalue weighted by atomic mass is 9.77. The van der Waals surface area contributed by atoms with E-state index in [2.05, 4.69) is 17.5 Å². The highest BCUT2D eigenvalue weighted by atomic mass is 19.1. The largest absolute Gasteiger partial charge is 0.378 e. The molecule has 0 fully saturated rings. The molecule has 1 aliphatic heterocycles. The molecule has 2 aromatic carbocycles. The molecular weight excluding hydrogens is 268 g/mol. The first-order chi connectivity index (χ1) is 10.2. The summed E-state index contributed by atoms with van der Waals surface area (Å²) >= 11 is 0. The molecule has 21 heavy (non-hydrogen) atoms. The number of nitrogens with one attached hydrogen (secondary N) is 1. The number of halogens is 2. The lowest BCUT2D eigenvalue weighted by molar-refractivity contribution is 0.412. The summed E-state index contributed by atoms with van der Waals surface area (Å²) in [6.45, 7) is 0. The summed E-state index contributed by atoms with van der Waals surface area (Å²) in [5.41, 5.74) is 2.56. The van der Waals surface area contributed by atoms with Gasteiger partial charge in [-0.25, -0.2) is 8.78 Å². The molecule has 1 heterocycles. The van der Waals surface area contributed by atoms with E-state index in [0.717, 1.165) is 17.7 Å². The van der Waals surface area contributed by atoms with Gasteiger partial charge in [-0.2, -0.15) is 0 Å². The average molecular weight is 283 g/mol. The summed E-state index contributed by atoms with van der Waals surface area (Å²) in [5.74, 6) is -0.0251. The molecule has 1 aliphatic carbocycles. The number of allylic oxidation sites excluding steroid dienone is 2. The molecular formula is C18H15F2N. The maximum atomic E-state index is 14.2. The van der Waals surface area contributed by atoms with Gasteiger partial charge in [0.1, 0.15) is 11.6 Å². The van der Waals surface area contributed by atoms with E-state index in [-0.39, 0.29) is 29.5 Å². The van der Waals surface area contributed by atoms with Gasteiger partial charge >= 0.3 is 0 Å². The first-order valence-electron chi connectivity index (χ1n) is 7.21. The molecule has 0 aromatic heterocycles. The van der Waals surface area contributed by atoms with Crippen LogP contribution in [0.25, 0.3) is 0 Å². The van der Waals surface area contributed by atoms with Gasteiger partial charge in [-0.15, -0.1) is 0 Å². The highest BCUT2D eigenvalue weighted by molar-refractivity contribution is 5.59. The summed E-state index contributed by atoms with van der Waals surface area (Å²) in [6.07, 6.45) is 5.12. The number of hydrogen-bond donors (Lipinski definition) is 1. The van der Waals surface area contributed by atoms with Gasteiger partial charge < -0.3 is 5.32 Å². The van der Waals surface area contributed by atoms with Crippen LogP contribution in [0.1, 0.15) is 29.5 Å². The monoisotopic (exact) mass is 283 g/mol. The van der Waals surface area contributed by atoms with E-state index in [4.69, 9.17) is 0 Å². The number of benzene rings is 2. The number of rotatable bonds is 1. The van der Waals surface area contributed by atoms with Crippen LogP contribution in [0.5, 0.6) is 0 Å². The van der Waals surface area contributed by atoms with Crippen LogP contribution in [0.3, 0.4) is 0 Å². The molecule has 3 heteroatoms. The van der Waals surface area contributed by atoms with Crippen LogP contribution in [0.15, 0.2) is 54.6 Å². The summed E-state index contributed by atoms with van der Waals surface area (Å²) in [6, 6.07) is 11.6. The Morgan fingerprint density at radius 3 is 2.71 bits per heavy atom. The van der Waals surface area contributed by atoms with Gasteiger partial charge in [0.25, 0.3) is 0 Å². The number of anilines is 1. The van der Waals surface area contributed by atoms with Gasteiger partial charge in [0.05, 0.1) is 6.04 Å². The van der Waals surface area contributed by atoms with Crippen molar-refractivity contribution < 1.29 is 8.78 Å². The number of fused-ring (bicyclic) bond motifs is 3. The van der Waals surface area contributed by atoms with Crippen molar-refractivity contribution in [2.24, 2.45) is 5.92 Å². The molecule has 0 unspecified atom stereocenters. The standard InChI is InChI=1S/C18H15F2N/c19-11-8-9-17-15(10-11)12-5-3-6-13(12)18(21-17)14-4-1-2-7-16(14)20/h1-5,7-10,12-13,18,21H,6H2/t12-,13-,18+/m1/s1. The van der Waals surface area contributed by atoms with Gasteiger partial charge in [-0.3, -0.25) is 0 Å². The molecule has 2 aliphatic rings. The highest BCUT2D eigenvalue weighted by Crippen LogP contribution is 2.50. The molecule has 0 saturated heterocycles. The highest BCUT2D eigenvalue weighted by Gasteiger charge is 2.38. The quantitative estimate of drug-likeness (QED) is 0.742. The first kappa shape index (κ1) is 12.6. The fraction of sp³-hybridized carbons (Fsp3) is 0.222. The molecule has 0 amide bonds. The summed E-state index contributed by atoms with van der Waals surface area (Å²) in [4.78, 5) is 0. The Hall–Kier alpha value is -2.16. The van der Waals surface area contributed by atoms with Crippen LogP contribution in [0.2, 0.25) is 0 Å². The van der Waals surface area contributed by atoms with Crippen molar-refractivity contribution in [3.05, 3.63) is 77.4 Å². The molecule has 3 atom stereocenters. The van der Waals surface area contributed by atoms with Crippen molar-refractivity contribution in [2.75, 3.05) is 5.32 Å². The fourth-order valence-corrected chi connectivity index (χ4v) is 3.60. The van der Waals surface area contributed by atoms with Gasteiger partial charge in [0.15, 0.2) is 0 Å². The van der Waals surface area contributed by atoms with Crippen LogP contribution in [0.4, 0.5) is 14.5 Å². The smallest absolute Gasteiger partial charge is 0.128 e. The predicted octanol–water partition coefficient (Wildman–Crippen LogP) is 4.79. The molecule has 1 nitrogen and oxygen atoms in total. The third-order valence-electron chi connectivity index (χ3n) is 4.57. The molecule has 0 radical (unpaired) electrons. The second kappa shape index (κ2) is 4.69. The van der Waals surface area contributed by atoms with Crippen molar-refractivity contribution in [2.45, 2.75) is 18.4 Å². The van der Waals surface area contributed by atoms with E-state index in [1.54, 1.807) is 18.2 Å². The topological polar surface area (TPSA) is 12.0 Å². The molecule has 2 aromatic rings. The lowest BCUT2D eigenvalue weighted by Crippen LogP contribution is -2.29. The third kappa shape index (κ3) is 1.96. The molecule has 0 saturated carbocycles. The minimum atomic E-state index is -0.223. The Morgan fingerprint density at radius 2 is 1.86 bits per heavy atom. The van der Waals surface area contributed by atoms with Crippen LogP contribution >= 0.6 is 0 Å². The third-order valence-corrected chi connectivity index (χ3v) is 4.57. The van der Waals surface area contributed by atoms with Gasteiger partial charge in [0, 0.05) is 17.2 Å². The van der Waals surface area contributed by atoms with Gasteiger partial charge in [-0.05, 0) is 42.2 Å². The van der Waals surface area contributed by atoms with Crippen molar-refractivity contribution in [1.82, 2.24) is 0 Å². The summed E-state index contributed by atoms with van der Waals surface area (Å²) in [5, 5.41) is 3.41. The minimum Gasteiger partial charge on any atom is -0.378 e.